The number of benzene rings is 2. The van der Waals surface area contributed by atoms with Gasteiger partial charge in [0.2, 0.25) is 0 Å². The summed E-state index contributed by atoms with van der Waals surface area (Å²) < 4.78 is 6.69. The van der Waals surface area contributed by atoms with Gasteiger partial charge in [-0.2, -0.15) is 0 Å². The maximum atomic E-state index is 9.88. The van der Waals surface area contributed by atoms with Crippen LogP contribution in [0.25, 0.3) is 0 Å². The van der Waals surface area contributed by atoms with Crippen molar-refractivity contribution in [1.82, 2.24) is 0 Å². The Bertz CT molecular complexity index is 531. The number of halogens is 1. The fourth-order valence-corrected chi connectivity index (χ4v) is 2.11. The van der Waals surface area contributed by atoms with E-state index in [4.69, 9.17) is 10.5 Å². The molecule has 0 radical (unpaired) electrons. The Morgan fingerprint density at radius 3 is 2.58 bits per heavy atom. The second-order valence-electron chi connectivity index (χ2n) is 4.21. The fraction of sp³-hybridized carbons (Fsp3) is 0.200. The third-order valence-corrected chi connectivity index (χ3v) is 3.29. The molecule has 2 aromatic carbocycles. The van der Waals surface area contributed by atoms with Gasteiger partial charge in [0.15, 0.2) is 0 Å². The Kier molecular flexibility index (Phi) is 4.96. The number of aliphatic hydroxyl groups is 1. The normalized spacial score (nSPS) is 12.2. The van der Waals surface area contributed by atoms with Crippen LogP contribution in [-0.4, -0.2) is 11.7 Å². The van der Waals surface area contributed by atoms with Crippen molar-refractivity contribution < 1.29 is 9.84 Å². The Hall–Kier alpha value is -1.36. The van der Waals surface area contributed by atoms with Crippen molar-refractivity contribution in [3.63, 3.8) is 0 Å². The van der Waals surface area contributed by atoms with Crippen molar-refractivity contribution in [1.29, 1.82) is 0 Å². The minimum Gasteiger partial charge on any atom is -0.488 e. The van der Waals surface area contributed by atoms with Crippen LogP contribution in [0, 0.1) is 0 Å². The number of rotatable bonds is 5. The topological polar surface area (TPSA) is 55.5 Å². The van der Waals surface area contributed by atoms with Crippen LogP contribution in [0.15, 0.2) is 53.0 Å². The van der Waals surface area contributed by atoms with E-state index < -0.39 is 6.10 Å². The van der Waals surface area contributed by atoms with E-state index >= 15 is 0 Å². The van der Waals surface area contributed by atoms with Crippen LogP contribution in [0.5, 0.6) is 5.75 Å². The van der Waals surface area contributed by atoms with Crippen LogP contribution < -0.4 is 10.5 Å². The van der Waals surface area contributed by atoms with Gasteiger partial charge in [-0.25, -0.2) is 0 Å². The van der Waals surface area contributed by atoms with E-state index in [9.17, 15) is 5.11 Å². The maximum absolute atomic E-state index is 9.88. The van der Waals surface area contributed by atoms with Gasteiger partial charge in [0, 0.05) is 16.6 Å². The van der Waals surface area contributed by atoms with Gasteiger partial charge in [-0.3, -0.25) is 0 Å². The Morgan fingerprint density at radius 1 is 1.16 bits per heavy atom. The summed E-state index contributed by atoms with van der Waals surface area (Å²) >= 11 is 3.40. The van der Waals surface area contributed by atoms with E-state index in [1.165, 1.54) is 0 Å². The van der Waals surface area contributed by atoms with Crippen LogP contribution >= 0.6 is 15.9 Å². The molecule has 0 amide bonds. The van der Waals surface area contributed by atoms with Crippen LogP contribution in [0.2, 0.25) is 0 Å². The lowest BCUT2D eigenvalue weighted by Gasteiger charge is -2.15. The second kappa shape index (κ2) is 6.70. The van der Waals surface area contributed by atoms with E-state index in [1.807, 2.05) is 48.5 Å². The van der Waals surface area contributed by atoms with E-state index in [0.717, 1.165) is 10.0 Å². The molecular formula is C15H16BrNO2. The molecule has 2 rings (SSSR count). The third-order valence-electron chi connectivity index (χ3n) is 2.80. The number of ether oxygens (including phenoxy) is 1. The van der Waals surface area contributed by atoms with Crippen LogP contribution in [0.1, 0.15) is 17.2 Å². The molecule has 0 aliphatic carbocycles. The summed E-state index contributed by atoms with van der Waals surface area (Å²) in [4.78, 5) is 0. The van der Waals surface area contributed by atoms with Crippen molar-refractivity contribution in [3.8, 4) is 5.75 Å². The predicted octanol–water partition coefficient (Wildman–Crippen LogP) is 3.02. The highest BCUT2D eigenvalue weighted by atomic mass is 79.9. The average Bonchev–Trinajstić information content (AvgIpc) is 2.45. The Labute approximate surface area is 121 Å². The molecule has 0 fully saturated rings. The van der Waals surface area contributed by atoms with Gasteiger partial charge in [-0.05, 0) is 17.7 Å². The molecule has 1 atom stereocenters. The molecule has 0 aromatic heterocycles. The summed E-state index contributed by atoms with van der Waals surface area (Å²) in [6.07, 6.45) is -0.709. The zero-order valence-corrected chi connectivity index (χ0v) is 12.0. The van der Waals surface area contributed by atoms with Gasteiger partial charge in [-0.15, -0.1) is 0 Å². The molecule has 3 nitrogen and oxygen atoms in total. The Morgan fingerprint density at radius 2 is 1.89 bits per heavy atom. The van der Waals surface area contributed by atoms with Gasteiger partial charge in [0.1, 0.15) is 12.4 Å². The van der Waals surface area contributed by atoms with Gasteiger partial charge in [0.25, 0.3) is 0 Å². The van der Waals surface area contributed by atoms with Crippen molar-refractivity contribution in [2.45, 2.75) is 12.7 Å². The van der Waals surface area contributed by atoms with Crippen molar-refractivity contribution in [3.05, 3.63) is 64.1 Å². The summed E-state index contributed by atoms with van der Waals surface area (Å²) in [5, 5.41) is 9.88. The van der Waals surface area contributed by atoms with Crippen LogP contribution in [0.4, 0.5) is 0 Å². The molecule has 4 heteroatoms. The molecule has 0 spiro atoms. The first-order valence-electron chi connectivity index (χ1n) is 6.05. The summed E-state index contributed by atoms with van der Waals surface area (Å²) in [6.45, 7) is 0.630. The molecule has 100 valence electrons. The SMILES string of the molecule is NCC(O)c1ccc(Br)cc1OCc1ccccc1. The number of nitrogens with two attached hydrogens (primary N) is 1. The zero-order valence-electron chi connectivity index (χ0n) is 10.4. The highest BCUT2D eigenvalue weighted by molar-refractivity contribution is 9.10. The monoisotopic (exact) mass is 321 g/mol. The molecule has 0 heterocycles. The first-order chi connectivity index (χ1) is 9.20. The van der Waals surface area contributed by atoms with E-state index in [-0.39, 0.29) is 6.54 Å². The molecule has 19 heavy (non-hydrogen) atoms. The molecule has 2 aromatic rings. The van der Waals surface area contributed by atoms with Gasteiger partial charge in [0.05, 0.1) is 6.10 Å². The molecule has 0 saturated carbocycles. The minimum absolute atomic E-state index is 0.170. The third kappa shape index (κ3) is 3.80. The van der Waals surface area contributed by atoms with Gasteiger partial charge < -0.3 is 15.6 Å². The average molecular weight is 322 g/mol. The number of hydrogen-bond acceptors (Lipinski definition) is 3. The quantitative estimate of drug-likeness (QED) is 0.890. The lowest BCUT2D eigenvalue weighted by Crippen LogP contribution is -2.13. The summed E-state index contributed by atoms with van der Waals surface area (Å²) in [5.74, 6) is 0.649. The number of aliphatic hydroxyl groups excluding tert-OH is 1. The van der Waals surface area contributed by atoms with Crippen LogP contribution in [-0.2, 0) is 6.61 Å². The standard InChI is InChI=1S/C15H16BrNO2/c16-12-6-7-13(14(18)9-17)15(8-12)19-10-11-4-2-1-3-5-11/h1-8,14,18H,9-10,17H2. The smallest absolute Gasteiger partial charge is 0.126 e. The van der Waals surface area contributed by atoms with E-state index in [2.05, 4.69) is 15.9 Å². The lowest BCUT2D eigenvalue weighted by molar-refractivity contribution is 0.178. The molecule has 1 unspecified atom stereocenters. The molecule has 0 saturated heterocycles. The second-order valence-corrected chi connectivity index (χ2v) is 5.12. The fourth-order valence-electron chi connectivity index (χ4n) is 1.77. The van der Waals surface area contributed by atoms with Gasteiger partial charge in [-0.1, -0.05) is 52.3 Å². The molecular weight excluding hydrogens is 306 g/mol. The van der Waals surface area contributed by atoms with Gasteiger partial charge >= 0.3 is 0 Å². The van der Waals surface area contributed by atoms with Crippen molar-refractivity contribution in [2.24, 2.45) is 5.73 Å². The summed E-state index contributed by atoms with van der Waals surface area (Å²) in [6, 6.07) is 15.4. The number of hydrogen-bond donors (Lipinski definition) is 2. The largest absolute Gasteiger partial charge is 0.488 e. The highest BCUT2D eigenvalue weighted by Gasteiger charge is 2.12. The van der Waals surface area contributed by atoms with E-state index in [1.54, 1.807) is 0 Å². The molecule has 0 aliphatic rings. The Balaban J connectivity index is 2.16. The minimum atomic E-state index is -0.709. The summed E-state index contributed by atoms with van der Waals surface area (Å²) in [5.41, 5.74) is 7.29. The van der Waals surface area contributed by atoms with Crippen molar-refractivity contribution in [2.75, 3.05) is 6.54 Å². The first kappa shape index (κ1) is 14.1. The van der Waals surface area contributed by atoms with Crippen LogP contribution in [0.3, 0.4) is 0 Å². The van der Waals surface area contributed by atoms with Crippen molar-refractivity contribution >= 4 is 15.9 Å². The summed E-state index contributed by atoms with van der Waals surface area (Å²) in [7, 11) is 0. The molecule has 3 N–H and O–H groups in total. The predicted molar refractivity (Wildman–Crippen MR) is 78.9 cm³/mol. The van der Waals surface area contributed by atoms with E-state index in [0.29, 0.717) is 17.9 Å². The molecule has 0 bridgehead atoms. The highest BCUT2D eigenvalue weighted by Crippen LogP contribution is 2.29. The first-order valence-corrected chi connectivity index (χ1v) is 6.84. The molecule has 0 aliphatic heterocycles. The zero-order chi connectivity index (χ0) is 13.7. The lowest BCUT2D eigenvalue weighted by atomic mass is 10.1. The maximum Gasteiger partial charge on any atom is 0.126 e.